The molecule has 0 heterocycles. The maximum atomic E-state index is 12.5. The highest BCUT2D eigenvalue weighted by Gasteiger charge is 2.12. The summed E-state index contributed by atoms with van der Waals surface area (Å²) in [6.07, 6.45) is -0.372. The van der Waals surface area contributed by atoms with Gasteiger partial charge in [0.1, 0.15) is 12.2 Å². The summed E-state index contributed by atoms with van der Waals surface area (Å²) < 4.78 is 0. The lowest BCUT2D eigenvalue weighted by molar-refractivity contribution is -0.124. The third-order valence-corrected chi connectivity index (χ3v) is 5.42. The summed E-state index contributed by atoms with van der Waals surface area (Å²) in [5.41, 5.74) is 7.59. The number of anilines is 3. The van der Waals surface area contributed by atoms with Crippen LogP contribution in [0.4, 0.5) is 22.7 Å². The zero-order valence-corrected chi connectivity index (χ0v) is 19.8. The molecule has 0 aromatic heterocycles. The van der Waals surface area contributed by atoms with E-state index in [1.165, 1.54) is 24.3 Å². The van der Waals surface area contributed by atoms with Gasteiger partial charge in [0.2, 0.25) is 5.91 Å². The van der Waals surface area contributed by atoms with Gasteiger partial charge >= 0.3 is 0 Å². The zero-order valence-electron chi connectivity index (χ0n) is 17.5. The molecule has 0 saturated heterocycles. The molecule has 0 fully saturated rings. The molecule has 0 aliphatic heterocycles. The van der Waals surface area contributed by atoms with Crippen molar-refractivity contribution in [2.24, 2.45) is 10.2 Å². The van der Waals surface area contributed by atoms with Crippen LogP contribution >= 0.6 is 34.8 Å². The van der Waals surface area contributed by atoms with Gasteiger partial charge in [0, 0.05) is 22.6 Å². The van der Waals surface area contributed by atoms with E-state index >= 15 is 0 Å². The van der Waals surface area contributed by atoms with Gasteiger partial charge in [-0.2, -0.15) is 10.2 Å². The molecule has 8 nitrogen and oxygen atoms in total. The van der Waals surface area contributed by atoms with E-state index in [2.05, 4.69) is 20.9 Å². The molecular formula is C23H18Cl3N5O3. The van der Waals surface area contributed by atoms with Crippen LogP contribution in [0.25, 0.3) is 0 Å². The van der Waals surface area contributed by atoms with Crippen LogP contribution in [0.1, 0.15) is 16.8 Å². The van der Waals surface area contributed by atoms with Crippen molar-refractivity contribution in [3.8, 4) is 0 Å². The number of nitrogen functional groups attached to an aromatic ring is 1. The second-order valence-electron chi connectivity index (χ2n) is 7.03. The molecular weight excluding hydrogens is 501 g/mol. The van der Waals surface area contributed by atoms with Crippen LogP contribution in [0.3, 0.4) is 0 Å². The van der Waals surface area contributed by atoms with Gasteiger partial charge in [-0.3, -0.25) is 14.4 Å². The monoisotopic (exact) mass is 517 g/mol. The Balaban J connectivity index is 1.57. The predicted molar refractivity (Wildman–Crippen MR) is 134 cm³/mol. The highest BCUT2D eigenvalue weighted by atomic mass is 35.5. The molecule has 0 atom stereocenters. The molecule has 34 heavy (non-hydrogen) atoms. The Bertz CT molecular complexity index is 1260. The molecule has 0 aliphatic rings. The molecule has 3 aromatic carbocycles. The van der Waals surface area contributed by atoms with Crippen LogP contribution in [-0.2, 0) is 9.59 Å². The summed E-state index contributed by atoms with van der Waals surface area (Å²) in [5, 5.41) is 13.9. The van der Waals surface area contributed by atoms with Gasteiger partial charge in [-0.25, -0.2) is 0 Å². The van der Waals surface area contributed by atoms with E-state index in [0.717, 1.165) is 0 Å². The minimum Gasteiger partial charge on any atom is -0.399 e. The maximum Gasteiger partial charge on any atom is 0.255 e. The molecule has 0 aliphatic carbocycles. The topological polar surface area (TPSA) is 126 Å². The first kappa shape index (κ1) is 25.2. The van der Waals surface area contributed by atoms with Crippen molar-refractivity contribution in [3.63, 3.8) is 0 Å². The Morgan fingerprint density at radius 3 is 2.18 bits per heavy atom. The van der Waals surface area contributed by atoms with Crippen molar-refractivity contribution < 1.29 is 14.4 Å². The minimum atomic E-state index is -0.482. The normalized spacial score (nSPS) is 10.8. The van der Waals surface area contributed by atoms with Crippen molar-refractivity contribution in [2.45, 2.75) is 6.42 Å². The van der Waals surface area contributed by atoms with Crippen LogP contribution < -0.4 is 16.4 Å². The highest BCUT2D eigenvalue weighted by molar-refractivity contribution is 6.42. The Hall–Kier alpha value is -3.46. The summed E-state index contributed by atoms with van der Waals surface area (Å²) in [7, 11) is 0. The van der Waals surface area contributed by atoms with Crippen LogP contribution in [0.15, 0.2) is 70.9 Å². The molecule has 174 valence electrons. The van der Waals surface area contributed by atoms with Crippen LogP contribution in [0, 0.1) is 0 Å². The van der Waals surface area contributed by atoms with Crippen LogP contribution in [0.5, 0.6) is 0 Å². The summed E-state index contributed by atoms with van der Waals surface area (Å²) in [6.45, 7) is -0.328. The number of amides is 2. The van der Waals surface area contributed by atoms with Gasteiger partial charge in [0.25, 0.3) is 5.91 Å². The van der Waals surface area contributed by atoms with Gasteiger partial charge < -0.3 is 16.4 Å². The van der Waals surface area contributed by atoms with E-state index in [9.17, 15) is 14.4 Å². The quantitative estimate of drug-likeness (QED) is 0.187. The van der Waals surface area contributed by atoms with Gasteiger partial charge in [0.15, 0.2) is 5.78 Å². The Morgan fingerprint density at radius 1 is 0.794 bits per heavy atom. The molecule has 3 rings (SSSR count). The molecule has 3 aromatic rings. The van der Waals surface area contributed by atoms with Crippen molar-refractivity contribution in [2.75, 3.05) is 22.9 Å². The lowest BCUT2D eigenvalue weighted by atomic mass is 10.2. The van der Waals surface area contributed by atoms with Gasteiger partial charge in [-0.15, -0.1) is 0 Å². The summed E-state index contributed by atoms with van der Waals surface area (Å²) in [5.74, 6) is -1.35. The van der Waals surface area contributed by atoms with Crippen molar-refractivity contribution >= 4 is 75.1 Å². The van der Waals surface area contributed by atoms with E-state index < -0.39 is 17.6 Å². The summed E-state index contributed by atoms with van der Waals surface area (Å²) in [4.78, 5) is 36.6. The number of ketones is 1. The first-order chi connectivity index (χ1) is 16.2. The number of hydrogen-bond acceptors (Lipinski definition) is 6. The predicted octanol–water partition coefficient (Wildman–Crippen LogP) is 6.16. The summed E-state index contributed by atoms with van der Waals surface area (Å²) in [6, 6.07) is 15.6. The largest absolute Gasteiger partial charge is 0.399 e. The maximum absolute atomic E-state index is 12.5. The lowest BCUT2D eigenvalue weighted by Gasteiger charge is -2.07. The second kappa shape index (κ2) is 11.6. The third kappa shape index (κ3) is 7.28. The second-order valence-corrected chi connectivity index (χ2v) is 8.26. The van der Waals surface area contributed by atoms with E-state index in [4.69, 9.17) is 40.5 Å². The molecule has 2 amide bonds. The van der Waals surface area contributed by atoms with Crippen molar-refractivity contribution in [3.05, 3.63) is 81.3 Å². The minimum absolute atomic E-state index is 0.197. The SMILES string of the molecule is Nc1ccc(NC(=O)CC(=O)CN=Nc2cc(C(=O)Nc3ccc(Cl)c(Cl)c3)ccc2Cl)cc1. The molecule has 0 spiro atoms. The summed E-state index contributed by atoms with van der Waals surface area (Å²) >= 11 is 18.0. The van der Waals surface area contributed by atoms with Crippen LogP contribution in [-0.4, -0.2) is 24.1 Å². The highest BCUT2D eigenvalue weighted by Crippen LogP contribution is 2.28. The molecule has 0 saturated carbocycles. The molecule has 0 radical (unpaired) electrons. The van der Waals surface area contributed by atoms with E-state index in [1.54, 1.807) is 36.4 Å². The molecule has 4 N–H and O–H groups in total. The Kier molecular flexibility index (Phi) is 8.59. The average Bonchev–Trinajstić information content (AvgIpc) is 2.79. The van der Waals surface area contributed by atoms with Gasteiger partial charge in [-0.1, -0.05) is 34.8 Å². The first-order valence-corrected chi connectivity index (χ1v) is 10.9. The fourth-order valence-electron chi connectivity index (χ4n) is 2.70. The number of nitrogens with two attached hydrogens (primary N) is 1. The van der Waals surface area contributed by atoms with Crippen molar-refractivity contribution in [1.82, 2.24) is 0 Å². The number of nitrogens with one attached hydrogen (secondary N) is 2. The fraction of sp³-hybridized carbons (Fsp3) is 0.0870. The van der Waals surface area contributed by atoms with Gasteiger partial charge in [-0.05, 0) is 60.7 Å². The number of azo groups is 1. The number of carbonyl (C=O) groups excluding carboxylic acids is 3. The number of benzene rings is 3. The average molecular weight is 519 g/mol. The lowest BCUT2D eigenvalue weighted by Crippen LogP contribution is -2.17. The van der Waals surface area contributed by atoms with E-state index in [-0.39, 0.29) is 29.2 Å². The third-order valence-electron chi connectivity index (χ3n) is 4.36. The number of nitrogens with zero attached hydrogens (tertiary/aromatic N) is 2. The van der Waals surface area contributed by atoms with Crippen molar-refractivity contribution in [1.29, 1.82) is 0 Å². The Morgan fingerprint density at radius 2 is 1.47 bits per heavy atom. The van der Waals surface area contributed by atoms with E-state index in [0.29, 0.717) is 27.1 Å². The standard InChI is InChI=1S/C23H18Cl3N5O3/c24-18-8-6-16(10-20(18)26)30-23(34)13-1-7-19(25)21(9-13)31-28-12-17(32)11-22(33)29-15-4-2-14(27)3-5-15/h1-10H,11-12,27H2,(H,29,33)(H,30,34). The smallest absolute Gasteiger partial charge is 0.255 e. The molecule has 11 heteroatoms. The number of halogens is 3. The van der Waals surface area contributed by atoms with E-state index in [1.807, 2.05) is 0 Å². The number of Topliss-reactive ketones (excluding diaryl/α,β-unsaturated/α-hetero) is 1. The van der Waals surface area contributed by atoms with Crippen LogP contribution in [0.2, 0.25) is 15.1 Å². The first-order valence-electron chi connectivity index (χ1n) is 9.82. The van der Waals surface area contributed by atoms with Gasteiger partial charge in [0.05, 0.1) is 21.5 Å². The number of carbonyl (C=O) groups is 3. The number of hydrogen-bond donors (Lipinski definition) is 3. The number of rotatable bonds is 8. The zero-order chi connectivity index (χ0) is 24.7. The molecule has 0 unspecified atom stereocenters. The molecule has 0 bridgehead atoms. The fourth-order valence-corrected chi connectivity index (χ4v) is 3.16. The Labute approximate surface area is 210 Å².